The van der Waals surface area contributed by atoms with E-state index in [0.29, 0.717) is 11.8 Å². The van der Waals surface area contributed by atoms with Gasteiger partial charge in [0.2, 0.25) is 0 Å². The Hall–Kier alpha value is -1.65. The molecule has 0 aliphatic heterocycles. The van der Waals surface area contributed by atoms with E-state index in [1.54, 1.807) is 0 Å². The maximum atomic E-state index is 13.3. The molecule has 2 atom stereocenters. The Kier molecular flexibility index (Phi) is 3.50. The molecule has 0 amide bonds. The van der Waals surface area contributed by atoms with Crippen molar-refractivity contribution in [3.05, 3.63) is 29.8 Å². The molecule has 1 fully saturated rings. The Bertz CT molecular complexity index is 471. The van der Waals surface area contributed by atoms with Gasteiger partial charge in [0.1, 0.15) is 11.6 Å². The molecule has 1 aromatic rings. The fraction of sp³-hybridized carbons (Fsp3) is 0.462. The van der Waals surface area contributed by atoms with E-state index in [-0.39, 0.29) is 17.7 Å². The van der Waals surface area contributed by atoms with Gasteiger partial charge < -0.3 is 11.1 Å². The number of anilines is 1. The van der Waals surface area contributed by atoms with Crippen molar-refractivity contribution in [2.75, 3.05) is 5.32 Å². The Morgan fingerprint density at radius 2 is 2.17 bits per heavy atom. The minimum atomic E-state index is -0.550. The monoisotopic (exact) mass is 253 g/mol. The fourth-order valence-corrected chi connectivity index (χ4v) is 2.01. The molecule has 1 saturated carbocycles. The van der Waals surface area contributed by atoms with Crippen LogP contribution in [0.5, 0.6) is 0 Å². The predicted octanol–water partition coefficient (Wildman–Crippen LogP) is 2.74. The maximum absolute atomic E-state index is 13.3. The van der Waals surface area contributed by atoms with Gasteiger partial charge >= 0.3 is 0 Å². The summed E-state index contributed by atoms with van der Waals surface area (Å²) in [6.07, 6.45) is 1.01. The summed E-state index contributed by atoms with van der Waals surface area (Å²) < 4.78 is 26.3. The number of rotatable bonds is 3. The lowest BCUT2D eigenvalue weighted by Crippen LogP contribution is -2.24. The van der Waals surface area contributed by atoms with E-state index in [0.717, 1.165) is 24.6 Å². The van der Waals surface area contributed by atoms with Crippen LogP contribution in [0, 0.1) is 23.5 Å². The molecular formula is C13H17F2N3. The Labute approximate surface area is 105 Å². The largest absolute Gasteiger partial charge is 0.370 e. The molecule has 0 unspecified atom stereocenters. The molecule has 5 heteroatoms. The van der Waals surface area contributed by atoms with Gasteiger partial charge in [-0.05, 0) is 30.4 Å². The number of hydrogen-bond acceptors (Lipinski definition) is 1. The summed E-state index contributed by atoms with van der Waals surface area (Å²) in [6, 6.07) is 3.38. The zero-order chi connectivity index (χ0) is 13.3. The van der Waals surface area contributed by atoms with Crippen molar-refractivity contribution < 1.29 is 8.78 Å². The standard InChI is InChI=1S/C13H17F2N3/c1-7(2)9-6-11(9)17-13(16)18-12-5-8(14)3-4-10(12)15/h3-5,7,9,11H,6H2,1-2H3,(H3,16,17,18)/t9-,11+/m0/s1. The first kappa shape index (κ1) is 12.8. The lowest BCUT2D eigenvalue weighted by Gasteiger charge is -2.07. The Balaban J connectivity index is 2.01. The highest BCUT2D eigenvalue weighted by Crippen LogP contribution is 2.39. The zero-order valence-electron chi connectivity index (χ0n) is 10.5. The first-order valence-electron chi connectivity index (χ1n) is 6.02. The number of nitrogens with zero attached hydrogens (tertiary/aromatic N) is 1. The zero-order valence-corrected chi connectivity index (χ0v) is 10.5. The second-order valence-corrected chi connectivity index (χ2v) is 4.97. The molecule has 18 heavy (non-hydrogen) atoms. The number of nitrogens with two attached hydrogens (primary N) is 1. The summed E-state index contributed by atoms with van der Waals surface area (Å²) in [5.74, 6) is 0.178. The summed E-state index contributed by atoms with van der Waals surface area (Å²) in [5.41, 5.74) is 5.69. The molecule has 1 aromatic carbocycles. The molecule has 98 valence electrons. The number of halogens is 2. The van der Waals surface area contributed by atoms with Gasteiger partial charge in [-0.1, -0.05) is 13.8 Å². The highest BCUT2D eigenvalue weighted by molar-refractivity contribution is 5.92. The number of hydrogen-bond donors (Lipinski definition) is 2. The van der Waals surface area contributed by atoms with Crippen LogP contribution >= 0.6 is 0 Å². The quantitative estimate of drug-likeness (QED) is 0.643. The number of aliphatic imine (C=N–C) groups is 1. The van der Waals surface area contributed by atoms with E-state index in [9.17, 15) is 8.78 Å². The lowest BCUT2D eigenvalue weighted by atomic mass is 10.1. The summed E-state index contributed by atoms with van der Waals surface area (Å²) in [7, 11) is 0. The van der Waals surface area contributed by atoms with Gasteiger partial charge in [0.15, 0.2) is 5.96 Å². The molecule has 3 nitrogen and oxygen atoms in total. The number of benzene rings is 1. The second kappa shape index (κ2) is 4.92. The average Bonchev–Trinajstić information content (AvgIpc) is 3.02. The molecule has 0 saturated heterocycles. The van der Waals surface area contributed by atoms with Crippen molar-refractivity contribution in [2.45, 2.75) is 26.3 Å². The van der Waals surface area contributed by atoms with Crippen molar-refractivity contribution in [3.63, 3.8) is 0 Å². The molecule has 0 bridgehead atoms. The third-order valence-corrected chi connectivity index (χ3v) is 3.16. The van der Waals surface area contributed by atoms with Crippen LogP contribution in [0.3, 0.4) is 0 Å². The second-order valence-electron chi connectivity index (χ2n) is 4.97. The first-order valence-corrected chi connectivity index (χ1v) is 6.02. The molecule has 0 aromatic heterocycles. The average molecular weight is 253 g/mol. The molecule has 0 spiro atoms. The SMILES string of the molecule is CC(C)[C@@H]1C[C@H]1N=C(N)Nc1cc(F)ccc1F. The van der Waals surface area contributed by atoms with E-state index in [1.807, 2.05) is 0 Å². The molecule has 0 heterocycles. The third-order valence-electron chi connectivity index (χ3n) is 3.16. The summed E-state index contributed by atoms with van der Waals surface area (Å²) >= 11 is 0. The predicted molar refractivity (Wildman–Crippen MR) is 68.3 cm³/mol. The summed E-state index contributed by atoms with van der Waals surface area (Å²) in [4.78, 5) is 4.25. The van der Waals surface area contributed by atoms with E-state index >= 15 is 0 Å². The Morgan fingerprint density at radius 1 is 1.44 bits per heavy atom. The highest BCUT2D eigenvalue weighted by atomic mass is 19.1. The van der Waals surface area contributed by atoms with Crippen molar-refractivity contribution >= 4 is 11.6 Å². The molecule has 0 radical (unpaired) electrons. The first-order chi connectivity index (χ1) is 8.47. The highest BCUT2D eigenvalue weighted by Gasteiger charge is 2.39. The minimum absolute atomic E-state index is 0.0120. The van der Waals surface area contributed by atoms with Crippen molar-refractivity contribution in [2.24, 2.45) is 22.6 Å². The molecule has 2 rings (SSSR count). The minimum Gasteiger partial charge on any atom is -0.370 e. The van der Waals surface area contributed by atoms with Crippen LogP contribution in [0.25, 0.3) is 0 Å². The van der Waals surface area contributed by atoms with Gasteiger partial charge in [-0.25, -0.2) is 13.8 Å². The normalized spacial score (nSPS) is 23.3. The van der Waals surface area contributed by atoms with Gasteiger partial charge in [0.05, 0.1) is 11.7 Å². The van der Waals surface area contributed by atoms with Crippen LogP contribution in [0.15, 0.2) is 23.2 Å². The molecule has 1 aliphatic carbocycles. The molecule has 3 N–H and O–H groups in total. The third kappa shape index (κ3) is 2.97. The van der Waals surface area contributed by atoms with E-state index in [1.165, 1.54) is 0 Å². The summed E-state index contributed by atoms with van der Waals surface area (Å²) in [5, 5.41) is 2.59. The van der Waals surface area contributed by atoms with Gasteiger partial charge in [-0.15, -0.1) is 0 Å². The van der Waals surface area contributed by atoms with Crippen LogP contribution in [0.2, 0.25) is 0 Å². The van der Waals surface area contributed by atoms with Crippen LogP contribution in [0.1, 0.15) is 20.3 Å². The van der Waals surface area contributed by atoms with E-state index < -0.39 is 11.6 Å². The summed E-state index contributed by atoms with van der Waals surface area (Å²) in [6.45, 7) is 4.27. The molecular weight excluding hydrogens is 236 g/mol. The van der Waals surface area contributed by atoms with Crippen LogP contribution < -0.4 is 11.1 Å². The smallest absolute Gasteiger partial charge is 0.193 e. The van der Waals surface area contributed by atoms with E-state index in [2.05, 4.69) is 24.2 Å². The van der Waals surface area contributed by atoms with Crippen molar-refractivity contribution in [3.8, 4) is 0 Å². The fourth-order valence-electron chi connectivity index (χ4n) is 2.01. The van der Waals surface area contributed by atoms with Crippen LogP contribution in [0.4, 0.5) is 14.5 Å². The van der Waals surface area contributed by atoms with Crippen molar-refractivity contribution in [1.82, 2.24) is 0 Å². The van der Waals surface area contributed by atoms with Gasteiger partial charge in [-0.2, -0.15) is 0 Å². The van der Waals surface area contributed by atoms with Crippen molar-refractivity contribution in [1.29, 1.82) is 0 Å². The van der Waals surface area contributed by atoms with E-state index in [4.69, 9.17) is 5.73 Å². The number of guanidine groups is 1. The van der Waals surface area contributed by atoms with Gasteiger partial charge in [0, 0.05) is 6.07 Å². The van der Waals surface area contributed by atoms with Gasteiger partial charge in [0.25, 0.3) is 0 Å². The topological polar surface area (TPSA) is 50.4 Å². The van der Waals surface area contributed by atoms with Crippen LogP contribution in [-0.2, 0) is 0 Å². The van der Waals surface area contributed by atoms with Gasteiger partial charge in [-0.3, -0.25) is 0 Å². The maximum Gasteiger partial charge on any atom is 0.193 e. The Morgan fingerprint density at radius 3 is 2.78 bits per heavy atom. The van der Waals surface area contributed by atoms with Crippen LogP contribution in [-0.4, -0.2) is 12.0 Å². The lowest BCUT2D eigenvalue weighted by molar-refractivity contribution is 0.548. The molecule has 1 aliphatic rings. The number of nitrogens with one attached hydrogen (secondary N) is 1.